The second-order valence-corrected chi connectivity index (χ2v) is 7.79. The predicted molar refractivity (Wildman–Crippen MR) is 120 cm³/mol. The molecule has 6 nitrogen and oxygen atoms in total. The molecule has 174 valence electrons. The van der Waals surface area contributed by atoms with Crippen LogP contribution < -0.4 is 10.2 Å². The van der Waals surface area contributed by atoms with Crippen molar-refractivity contribution in [2.75, 3.05) is 36.5 Å². The van der Waals surface area contributed by atoms with E-state index in [1.54, 1.807) is 4.68 Å². The number of carbonyl (C=O) groups excluding carboxylic acids is 1. The average Bonchev–Trinajstić information content (AvgIpc) is 3.24. The van der Waals surface area contributed by atoms with Gasteiger partial charge in [-0.1, -0.05) is 31.5 Å². The number of anilines is 2. The Bertz CT molecular complexity index is 1110. The van der Waals surface area contributed by atoms with Crippen molar-refractivity contribution < 1.29 is 22.7 Å². The Balaban J connectivity index is 1.70. The largest absolute Gasteiger partial charge is 0.416 e. The monoisotopic (exact) mass is 458 g/mol. The molecule has 33 heavy (non-hydrogen) atoms. The zero-order valence-electron chi connectivity index (χ0n) is 18.2. The smallest absolute Gasteiger partial charge is 0.378 e. The lowest BCUT2D eigenvalue weighted by molar-refractivity contribution is -0.137. The second-order valence-electron chi connectivity index (χ2n) is 7.79. The summed E-state index contributed by atoms with van der Waals surface area (Å²) in [5.41, 5.74) is 1.70. The first-order chi connectivity index (χ1) is 15.9. The van der Waals surface area contributed by atoms with E-state index in [4.69, 9.17) is 4.74 Å². The van der Waals surface area contributed by atoms with Crippen LogP contribution in [0.15, 0.2) is 54.7 Å². The Labute approximate surface area is 190 Å². The highest BCUT2D eigenvalue weighted by atomic mass is 19.4. The van der Waals surface area contributed by atoms with Crippen molar-refractivity contribution in [1.29, 1.82) is 0 Å². The molecule has 4 rings (SSSR count). The van der Waals surface area contributed by atoms with Gasteiger partial charge in [-0.15, -0.1) is 0 Å². The molecule has 9 heteroatoms. The van der Waals surface area contributed by atoms with Crippen molar-refractivity contribution in [2.45, 2.75) is 25.9 Å². The highest BCUT2D eigenvalue weighted by Gasteiger charge is 2.32. The fourth-order valence-corrected chi connectivity index (χ4v) is 3.91. The average molecular weight is 458 g/mol. The summed E-state index contributed by atoms with van der Waals surface area (Å²) in [6.07, 6.45) is -1.68. The lowest BCUT2D eigenvalue weighted by Gasteiger charge is -2.31. The molecule has 1 fully saturated rings. The third-order valence-corrected chi connectivity index (χ3v) is 5.52. The van der Waals surface area contributed by atoms with Crippen molar-refractivity contribution >= 4 is 17.3 Å². The Hall–Kier alpha value is -3.33. The molecular weight excluding hydrogens is 433 g/mol. The predicted octanol–water partition coefficient (Wildman–Crippen LogP) is 4.93. The van der Waals surface area contributed by atoms with Crippen LogP contribution in [0, 0.1) is 0 Å². The van der Waals surface area contributed by atoms with Gasteiger partial charge in [-0.25, -0.2) is 4.68 Å². The molecule has 1 amide bonds. The third kappa shape index (κ3) is 5.03. The van der Waals surface area contributed by atoms with Crippen molar-refractivity contribution in [3.05, 3.63) is 71.5 Å². The van der Waals surface area contributed by atoms with Crippen LogP contribution in [0.25, 0.3) is 5.69 Å². The van der Waals surface area contributed by atoms with E-state index in [2.05, 4.69) is 10.4 Å². The highest BCUT2D eigenvalue weighted by molar-refractivity contribution is 6.06. The molecule has 1 aliphatic rings. The lowest BCUT2D eigenvalue weighted by atomic mass is 10.1. The second kappa shape index (κ2) is 9.66. The lowest BCUT2D eigenvalue weighted by Crippen LogP contribution is -2.37. The number of nitrogens with zero attached hydrogens (tertiary/aromatic N) is 3. The minimum Gasteiger partial charge on any atom is -0.378 e. The summed E-state index contributed by atoms with van der Waals surface area (Å²) in [7, 11) is 0. The van der Waals surface area contributed by atoms with Crippen LogP contribution in [0.1, 0.15) is 35.0 Å². The molecule has 3 aromatic rings. The van der Waals surface area contributed by atoms with Crippen LogP contribution in [0.2, 0.25) is 0 Å². The number of nitrogens with one attached hydrogen (secondary N) is 1. The standard InChI is InChI=1S/C24H25F3N4O2/c1-2-6-21-19(16-28-31(21)18-7-4-3-5-8-18)23(32)29-20-15-17(24(25,26)27)9-10-22(20)30-11-13-33-14-12-30/h3-5,7-10,15-16H,2,6,11-14H2,1H3,(H,29,32). The number of benzene rings is 2. The van der Waals surface area contributed by atoms with Crippen molar-refractivity contribution in [3.8, 4) is 5.69 Å². The fourth-order valence-electron chi connectivity index (χ4n) is 3.91. The van der Waals surface area contributed by atoms with Crippen molar-refractivity contribution in [1.82, 2.24) is 9.78 Å². The van der Waals surface area contributed by atoms with E-state index in [1.165, 1.54) is 12.3 Å². The van der Waals surface area contributed by atoms with Gasteiger partial charge in [0.15, 0.2) is 0 Å². The summed E-state index contributed by atoms with van der Waals surface area (Å²) in [4.78, 5) is 15.2. The van der Waals surface area contributed by atoms with Crippen LogP contribution in [-0.2, 0) is 17.3 Å². The van der Waals surface area contributed by atoms with Gasteiger partial charge in [0.25, 0.3) is 5.91 Å². The van der Waals surface area contributed by atoms with Gasteiger partial charge in [-0.05, 0) is 36.8 Å². The molecule has 0 saturated carbocycles. The summed E-state index contributed by atoms with van der Waals surface area (Å²) in [6.45, 7) is 3.99. The number of alkyl halides is 3. The van der Waals surface area contributed by atoms with E-state index in [9.17, 15) is 18.0 Å². The normalized spacial score (nSPS) is 14.4. The van der Waals surface area contributed by atoms with Crippen LogP contribution in [0.4, 0.5) is 24.5 Å². The van der Waals surface area contributed by atoms with Gasteiger partial charge in [0.1, 0.15) is 0 Å². The van der Waals surface area contributed by atoms with Crippen molar-refractivity contribution in [2.24, 2.45) is 0 Å². The first-order valence-corrected chi connectivity index (χ1v) is 10.9. The number of morpholine rings is 1. The van der Waals surface area contributed by atoms with Gasteiger partial charge in [-0.2, -0.15) is 18.3 Å². The molecule has 0 bridgehead atoms. The molecule has 1 aliphatic heterocycles. The van der Waals surface area contributed by atoms with E-state index in [1.807, 2.05) is 42.2 Å². The Kier molecular flexibility index (Phi) is 6.69. The zero-order chi connectivity index (χ0) is 23.4. The molecule has 0 spiro atoms. The van der Waals surface area contributed by atoms with Crippen LogP contribution in [-0.4, -0.2) is 42.0 Å². The summed E-state index contributed by atoms with van der Waals surface area (Å²) in [5, 5.41) is 7.11. The first kappa shape index (κ1) is 22.8. The fraction of sp³-hybridized carbons (Fsp3) is 0.333. The highest BCUT2D eigenvalue weighted by Crippen LogP contribution is 2.36. The molecular formula is C24H25F3N4O2. The minimum absolute atomic E-state index is 0.117. The number of halogens is 3. The molecule has 2 aromatic carbocycles. The van der Waals surface area contributed by atoms with Gasteiger partial charge in [0.2, 0.25) is 0 Å². The van der Waals surface area contributed by atoms with Crippen LogP contribution in [0.3, 0.4) is 0 Å². The van der Waals surface area contributed by atoms with E-state index in [0.717, 1.165) is 24.2 Å². The molecule has 2 heterocycles. The number of rotatable bonds is 6. The number of hydrogen-bond acceptors (Lipinski definition) is 4. The SMILES string of the molecule is CCCc1c(C(=O)Nc2cc(C(F)(F)F)ccc2N2CCOCC2)cnn1-c1ccccc1. The van der Waals surface area contributed by atoms with Gasteiger partial charge in [0, 0.05) is 13.1 Å². The maximum absolute atomic E-state index is 13.4. The van der Waals surface area contributed by atoms with Gasteiger partial charge in [-0.3, -0.25) is 4.79 Å². The van der Waals surface area contributed by atoms with Gasteiger partial charge in [0.05, 0.1) is 53.3 Å². The Morgan fingerprint density at radius 1 is 1.12 bits per heavy atom. The van der Waals surface area contributed by atoms with Gasteiger partial charge < -0.3 is 15.0 Å². The number of para-hydroxylation sites is 1. The van der Waals surface area contributed by atoms with Crippen LogP contribution >= 0.6 is 0 Å². The molecule has 0 radical (unpaired) electrons. The number of amides is 1. The number of ether oxygens (including phenoxy) is 1. The van der Waals surface area contributed by atoms with E-state index in [-0.39, 0.29) is 5.69 Å². The molecule has 1 aromatic heterocycles. The van der Waals surface area contributed by atoms with E-state index < -0.39 is 17.6 Å². The maximum Gasteiger partial charge on any atom is 0.416 e. The summed E-state index contributed by atoms with van der Waals surface area (Å²) in [6, 6.07) is 12.9. The molecule has 1 saturated heterocycles. The van der Waals surface area contributed by atoms with Crippen LogP contribution in [0.5, 0.6) is 0 Å². The first-order valence-electron chi connectivity index (χ1n) is 10.9. The Morgan fingerprint density at radius 2 is 1.85 bits per heavy atom. The Morgan fingerprint density at radius 3 is 2.52 bits per heavy atom. The number of carbonyl (C=O) groups is 1. The van der Waals surface area contributed by atoms with E-state index >= 15 is 0 Å². The summed E-state index contributed by atoms with van der Waals surface area (Å²) in [5.74, 6) is -0.491. The molecule has 0 atom stereocenters. The molecule has 0 aliphatic carbocycles. The number of aromatic nitrogens is 2. The summed E-state index contributed by atoms with van der Waals surface area (Å²) < 4.78 is 47.3. The van der Waals surface area contributed by atoms with Crippen molar-refractivity contribution in [3.63, 3.8) is 0 Å². The minimum atomic E-state index is -4.52. The molecule has 1 N–H and O–H groups in total. The van der Waals surface area contributed by atoms with E-state index in [0.29, 0.717) is 49.7 Å². The van der Waals surface area contributed by atoms with Gasteiger partial charge >= 0.3 is 6.18 Å². The third-order valence-electron chi connectivity index (χ3n) is 5.52. The quantitative estimate of drug-likeness (QED) is 0.569. The topological polar surface area (TPSA) is 59.4 Å². The maximum atomic E-state index is 13.4. The zero-order valence-corrected chi connectivity index (χ0v) is 18.2. The molecule has 0 unspecified atom stereocenters. The summed E-state index contributed by atoms with van der Waals surface area (Å²) >= 11 is 0. The number of hydrogen-bond donors (Lipinski definition) is 1.